The molecule has 1 unspecified atom stereocenters. The molecule has 5 nitrogen and oxygen atoms in total. The van der Waals surface area contributed by atoms with Crippen LogP contribution in [0.2, 0.25) is 0 Å². The molecule has 2 aromatic rings. The summed E-state index contributed by atoms with van der Waals surface area (Å²) >= 11 is 1.78. The van der Waals surface area contributed by atoms with Gasteiger partial charge in [-0.1, -0.05) is 43.2 Å². The molecule has 6 heteroatoms. The van der Waals surface area contributed by atoms with Gasteiger partial charge in [-0.25, -0.2) is 4.79 Å². The molecule has 0 radical (unpaired) electrons. The molecule has 1 atom stereocenters. The molecule has 1 N–H and O–H groups in total. The lowest BCUT2D eigenvalue weighted by atomic mass is 9.99. The number of amides is 2. The van der Waals surface area contributed by atoms with Gasteiger partial charge in [0.1, 0.15) is 10.0 Å². The first-order valence-corrected chi connectivity index (χ1v) is 11.0. The first-order valence-electron chi connectivity index (χ1n) is 10.2. The van der Waals surface area contributed by atoms with Crippen molar-refractivity contribution in [3.63, 3.8) is 0 Å². The molecule has 27 heavy (non-hydrogen) atoms. The molecule has 1 aliphatic carbocycles. The Morgan fingerprint density at radius 2 is 1.74 bits per heavy atom. The van der Waals surface area contributed by atoms with Gasteiger partial charge in [0, 0.05) is 31.5 Å². The fraction of sp³-hybridized carbons (Fsp3) is 0.571. The topological polar surface area (TPSA) is 58.1 Å². The summed E-state index contributed by atoms with van der Waals surface area (Å²) in [6.07, 6.45) is 8.16. The molecule has 2 heterocycles. The number of carbonyl (C=O) groups excluding carboxylic acids is 1. The second-order valence-corrected chi connectivity index (χ2v) is 8.75. The Morgan fingerprint density at radius 1 is 1.04 bits per heavy atom. The molecule has 144 valence electrons. The maximum Gasteiger partial charge on any atom is 0.317 e. The van der Waals surface area contributed by atoms with Crippen molar-refractivity contribution >= 4 is 17.4 Å². The van der Waals surface area contributed by atoms with E-state index in [1.807, 2.05) is 23.1 Å². The van der Waals surface area contributed by atoms with Crippen LogP contribution in [0.3, 0.4) is 0 Å². The maximum absolute atomic E-state index is 12.6. The molecule has 1 saturated carbocycles. The third-order valence-electron chi connectivity index (χ3n) is 5.75. The summed E-state index contributed by atoms with van der Waals surface area (Å²) in [6, 6.07) is 10.3. The van der Waals surface area contributed by atoms with Crippen molar-refractivity contribution in [1.82, 2.24) is 20.4 Å². The molecule has 2 aliphatic rings. The van der Waals surface area contributed by atoms with Gasteiger partial charge >= 0.3 is 6.03 Å². The van der Waals surface area contributed by atoms with Crippen molar-refractivity contribution < 1.29 is 4.79 Å². The minimum atomic E-state index is 0.0520. The smallest absolute Gasteiger partial charge is 0.317 e. The summed E-state index contributed by atoms with van der Waals surface area (Å²) in [7, 11) is 0. The standard InChI is InChI=1S/C21H28N4OS/c26-21(22-13-12-16-7-2-1-3-8-16)25-14-6-11-18(15-25)20-24-23-19(27-20)17-9-4-5-10-17/h1-3,7-8,17-18H,4-6,9-15H2,(H,22,26). The van der Waals surface area contributed by atoms with E-state index in [9.17, 15) is 4.79 Å². The van der Waals surface area contributed by atoms with Crippen LogP contribution in [-0.2, 0) is 6.42 Å². The molecular formula is C21H28N4OS. The summed E-state index contributed by atoms with van der Waals surface area (Å²) in [5.41, 5.74) is 1.25. The Labute approximate surface area is 165 Å². The third kappa shape index (κ3) is 4.67. The Bertz CT molecular complexity index is 742. The van der Waals surface area contributed by atoms with Crippen LogP contribution in [0.1, 0.15) is 65.9 Å². The zero-order valence-electron chi connectivity index (χ0n) is 15.8. The molecule has 0 spiro atoms. The van der Waals surface area contributed by atoms with Crippen LogP contribution >= 0.6 is 11.3 Å². The Kier molecular flexibility index (Phi) is 6.02. The third-order valence-corrected chi connectivity index (χ3v) is 7.00. The fourth-order valence-electron chi connectivity index (χ4n) is 4.18. The molecule has 1 aliphatic heterocycles. The summed E-state index contributed by atoms with van der Waals surface area (Å²) in [5, 5.41) is 14.4. The van der Waals surface area contributed by atoms with E-state index in [4.69, 9.17) is 0 Å². The molecule has 1 aromatic heterocycles. The number of urea groups is 1. The lowest BCUT2D eigenvalue weighted by Gasteiger charge is -2.31. The predicted octanol–water partition coefficient (Wildman–Crippen LogP) is 4.33. The Hall–Kier alpha value is -1.95. The number of aromatic nitrogens is 2. The van der Waals surface area contributed by atoms with Crippen molar-refractivity contribution in [3.8, 4) is 0 Å². The minimum Gasteiger partial charge on any atom is -0.338 e. The van der Waals surface area contributed by atoms with Crippen LogP contribution in [0.5, 0.6) is 0 Å². The van der Waals surface area contributed by atoms with Crippen LogP contribution in [0.4, 0.5) is 4.79 Å². The second-order valence-electron chi connectivity index (χ2n) is 7.71. The van der Waals surface area contributed by atoms with Gasteiger partial charge in [0.05, 0.1) is 0 Å². The highest BCUT2D eigenvalue weighted by Gasteiger charge is 2.28. The number of hydrogen-bond donors (Lipinski definition) is 1. The largest absolute Gasteiger partial charge is 0.338 e. The number of hydrogen-bond acceptors (Lipinski definition) is 4. The number of carbonyl (C=O) groups is 1. The number of piperidine rings is 1. The van der Waals surface area contributed by atoms with Gasteiger partial charge in [-0.15, -0.1) is 21.5 Å². The molecule has 2 fully saturated rings. The Morgan fingerprint density at radius 3 is 2.52 bits per heavy atom. The van der Waals surface area contributed by atoms with Crippen LogP contribution in [0, 0.1) is 0 Å². The summed E-state index contributed by atoms with van der Waals surface area (Å²) in [4.78, 5) is 14.5. The molecule has 2 amide bonds. The fourth-order valence-corrected chi connectivity index (χ4v) is 5.32. The van der Waals surface area contributed by atoms with Crippen molar-refractivity contribution in [2.75, 3.05) is 19.6 Å². The van der Waals surface area contributed by atoms with Gasteiger partial charge in [0.15, 0.2) is 0 Å². The molecular weight excluding hydrogens is 356 g/mol. The highest BCUT2D eigenvalue weighted by atomic mass is 32.1. The lowest BCUT2D eigenvalue weighted by molar-refractivity contribution is 0.179. The van der Waals surface area contributed by atoms with Gasteiger partial charge in [0.2, 0.25) is 0 Å². The van der Waals surface area contributed by atoms with E-state index >= 15 is 0 Å². The van der Waals surface area contributed by atoms with Crippen LogP contribution in [-0.4, -0.2) is 40.8 Å². The summed E-state index contributed by atoms with van der Waals surface area (Å²) in [6.45, 7) is 2.27. The number of benzene rings is 1. The van der Waals surface area contributed by atoms with Crippen molar-refractivity contribution in [2.45, 2.75) is 56.8 Å². The van der Waals surface area contributed by atoms with E-state index < -0.39 is 0 Å². The van der Waals surface area contributed by atoms with E-state index in [1.54, 1.807) is 11.3 Å². The van der Waals surface area contributed by atoms with Crippen LogP contribution in [0.15, 0.2) is 30.3 Å². The number of rotatable bonds is 5. The molecule has 0 bridgehead atoms. The van der Waals surface area contributed by atoms with Crippen LogP contribution in [0.25, 0.3) is 0 Å². The van der Waals surface area contributed by atoms with Gasteiger partial charge < -0.3 is 10.2 Å². The van der Waals surface area contributed by atoms with Gasteiger partial charge in [-0.05, 0) is 37.7 Å². The highest BCUT2D eigenvalue weighted by molar-refractivity contribution is 7.11. The van der Waals surface area contributed by atoms with E-state index in [0.717, 1.165) is 37.4 Å². The van der Waals surface area contributed by atoms with Gasteiger partial charge in [-0.3, -0.25) is 0 Å². The quantitative estimate of drug-likeness (QED) is 0.835. The van der Waals surface area contributed by atoms with Gasteiger partial charge in [0.25, 0.3) is 0 Å². The molecule has 4 rings (SSSR count). The number of nitrogens with zero attached hydrogens (tertiary/aromatic N) is 3. The van der Waals surface area contributed by atoms with Gasteiger partial charge in [-0.2, -0.15) is 0 Å². The van der Waals surface area contributed by atoms with E-state index in [1.165, 1.54) is 36.3 Å². The maximum atomic E-state index is 12.6. The zero-order valence-corrected chi connectivity index (χ0v) is 16.6. The predicted molar refractivity (Wildman–Crippen MR) is 108 cm³/mol. The average molecular weight is 385 g/mol. The summed E-state index contributed by atoms with van der Waals surface area (Å²) in [5.74, 6) is 0.962. The van der Waals surface area contributed by atoms with Crippen LogP contribution < -0.4 is 5.32 Å². The zero-order chi connectivity index (χ0) is 18.5. The van der Waals surface area contributed by atoms with Crippen molar-refractivity contribution in [2.24, 2.45) is 0 Å². The molecule has 1 aromatic carbocycles. The highest BCUT2D eigenvalue weighted by Crippen LogP contribution is 2.38. The number of likely N-dealkylation sites (tertiary alicyclic amines) is 1. The second kappa shape index (κ2) is 8.83. The number of nitrogens with one attached hydrogen (secondary N) is 1. The van der Waals surface area contributed by atoms with E-state index in [2.05, 4.69) is 27.6 Å². The van der Waals surface area contributed by atoms with Crippen molar-refractivity contribution in [1.29, 1.82) is 0 Å². The molecule has 1 saturated heterocycles. The normalized spacial score (nSPS) is 20.7. The van der Waals surface area contributed by atoms with E-state index in [-0.39, 0.29) is 6.03 Å². The first kappa shape index (κ1) is 18.4. The minimum absolute atomic E-state index is 0.0520. The first-order chi connectivity index (χ1) is 13.3. The average Bonchev–Trinajstić information content (AvgIpc) is 3.40. The summed E-state index contributed by atoms with van der Waals surface area (Å²) < 4.78 is 0. The lowest BCUT2D eigenvalue weighted by Crippen LogP contribution is -2.45. The monoisotopic (exact) mass is 384 g/mol. The van der Waals surface area contributed by atoms with Crippen molar-refractivity contribution in [3.05, 3.63) is 45.9 Å². The Balaban J connectivity index is 1.29. The van der Waals surface area contributed by atoms with E-state index in [0.29, 0.717) is 18.4 Å². The SMILES string of the molecule is O=C(NCCc1ccccc1)N1CCCC(c2nnc(C3CCCC3)s2)C1.